The van der Waals surface area contributed by atoms with Gasteiger partial charge in [-0.05, 0) is 45.0 Å². The molecular formula is C15H18FN3O. The fraction of sp³-hybridized carbons (Fsp3) is 0.467. The lowest BCUT2D eigenvalue weighted by atomic mass is 10.2. The third-order valence-electron chi connectivity index (χ3n) is 4.03. The van der Waals surface area contributed by atoms with Gasteiger partial charge in [0.05, 0.1) is 11.8 Å². The van der Waals surface area contributed by atoms with E-state index in [9.17, 15) is 9.18 Å². The molecule has 1 saturated heterocycles. The second kappa shape index (κ2) is 5.32. The van der Waals surface area contributed by atoms with E-state index in [1.807, 2.05) is 0 Å². The minimum Gasteiger partial charge on any atom is -0.299 e. The number of fused-ring (bicyclic) bond motifs is 1. The molecule has 0 saturated carbocycles. The van der Waals surface area contributed by atoms with Gasteiger partial charge < -0.3 is 0 Å². The number of rotatable bonds is 3. The van der Waals surface area contributed by atoms with Gasteiger partial charge in [0.2, 0.25) is 0 Å². The van der Waals surface area contributed by atoms with Gasteiger partial charge in [-0.3, -0.25) is 14.3 Å². The van der Waals surface area contributed by atoms with Crippen molar-refractivity contribution in [2.24, 2.45) is 0 Å². The van der Waals surface area contributed by atoms with Crippen molar-refractivity contribution in [2.75, 3.05) is 13.1 Å². The summed E-state index contributed by atoms with van der Waals surface area (Å²) in [6.07, 6.45) is 3.95. The monoisotopic (exact) mass is 275 g/mol. The van der Waals surface area contributed by atoms with Gasteiger partial charge in [-0.25, -0.2) is 9.37 Å². The SMILES string of the molecule is C[C@@H](Cn1cnc2cccc(F)c2c1=O)N1CCCC1. The van der Waals surface area contributed by atoms with Crippen molar-refractivity contribution in [3.8, 4) is 0 Å². The van der Waals surface area contributed by atoms with Crippen LogP contribution in [0.25, 0.3) is 10.9 Å². The van der Waals surface area contributed by atoms with Crippen molar-refractivity contribution >= 4 is 10.9 Å². The first kappa shape index (κ1) is 13.2. The minimum absolute atomic E-state index is 0.0867. The fourth-order valence-corrected chi connectivity index (χ4v) is 2.87. The van der Waals surface area contributed by atoms with E-state index in [2.05, 4.69) is 16.8 Å². The molecule has 1 aliphatic rings. The van der Waals surface area contributed by atoms with Crippen LogP contribution in [0.1, 0.15) is 19.8 Å². The molecule has 0 aliphatic carbocycles. The molecule has 1 aromatic carbocycles. The topological polar surface area (TPSA) is 38.1 Å². The van der Waals surface area contributed by atoms with Gasteiger partial charge >= 0.3 is 0 Å². The molecule has 0 bridgehead atoms. The fourth-order valence-electron chi connectivity index (χ4n) is 2.87. The van der Waals surface area contributed by atoms with Crippen LogP contribution in [0.4, 0.5) is 4.39 Å². The van der Waals surface area contributed by atoms with Crippen LogP contribution in [0.15, 0.2) is 29.3 Å². The van der Waals surface area contributed by atoms with Crippen LogP contribution in [0.3, 0.4) is 0 Å². The highest BCUT2D eigenvalue weighted by Crippen LogP contribution is 2.14. The first-order valence-corrected chi connectivity index (χ1v) is 7.04. The van der Waals surface area contributed by atoms with Crippen LogP contribution in [0.2, 0.25) is 0 Å². The summed E-state index contributed by atoms with van der Waals surface area (Å²) in [6.45, 7) is 4.80. The van der Waals surface area contributed by atoms with Gasteiger partial charge in [-0.15, -0.1) is 0 Å². The number of nitrogens with zero attached hydrogens (tertiary/aromatic N) is 3. The molecule has 1 fully saturated rings. The van der Waals surface area contributed by atoms with Crippen molar-refractivity contribution in [3.63, 3.8) is 0 Å². The number of benzene rings is 1. The highest BCUT2D eigenvalue weighted by molar-refractivity contribution is 5.77. The summed E-state index contributed by atoms with van der Waals surface area (Å²) in [4.78, 5) is 18.9. The van der Waals surface area contributed by atoms with E-state index in [0.717, 1.165) is 13.1 Å². The maximum Gasteiger partial charge on any atom is 0.264 e. The molecule has 0 spiro atoms. The summed E-state index contributed by atoms with van der Waals surface area (Å²) in [5, 5.41) is 0.0867. The summed E-state index contributed by atoms with van der Waals surface area (Å²) in [6, 6.07) is 4.80. The average molecular weight is 275 g/mol. The molecule has 20 heavy (non-hydrogen) atoms. The molecule has 2 heterocycles. The molecule has 1 aliphatic heterocycles. The standard InChI is InChI=1S/C15H18FN3O/c1-11(18-7-2-3-8-18)9-19-10-17-13-6-4-5-12(16)14(13)15(19)20/h4-6,10-11H,2-3,7-9H2,1H3/t11-/m0/s1. The van der Waals surface area contributed by atoms with Crippen LogP contribution >= 0.6 is 0 Å². The van der Waals surface area contributed by atoms with E-state index < -0.39 is 5.82 Å². The molecule has 1 atom stereocenters. The Morgan fingerprint density at radius 3 is 2.85 bits per heavy atom. The quantitative estimate of drug-likeness (QED) is 0.860. The Hall–Kier alpha value is -1.75. The van der Waals surface area contributed by atoms with Crippen LogP contribution in [-0.2, 0) is 6.54 Å². The maximum atomic E-state index is 13.8. The van der Waals surface area contributed by atoms with Crippen LogP contribution < -0.4 is 5.56 Å². The molecule has 2 aromatic rings. The average Bonchev–Trinajstić information content (AvgIpc) is 2.96. The number of hydrogen-bond acceptors (Lipinski definition) is 3. The molecule has 1 aromatic heterocycles. The van der Waals surface area contributed by atoms with Crippen molar-refractivity contribution in [1.82, 2.24) is 14.5 Å². The van der Waals surface area contributed by atoms with Gasteiger partial charge in [0.1, 0.15) is 11.2 Å². The van der Waals surface area contributed by atoms with Crippen LogP contribution in [-0.4, -0.2) is 33.6 Å². The van der Waals surface area contributed by atoms with Crippen molar-refractivity contribution < 1.29 is 4.39 Å². The molecule has 0 N–H and O–H groups in total. The predicted octanol–water partition coefficient (Wildman–Crippen LogP) is 2.02. The summed E-state index contributed by atoms with van der Waals surface area (Å²) in [7, 11) is 0. The van der Waals surface area contributed by atoms with Gasteiger partial charge in [0, 0.05) is 12.6 Å². The Labute approximate surface area is 116 Å². The van der Waals surface area contributed by atoms with Crippen molar-refractivity contribution in [2.45, 2.75) is 32.4 Å². The zero-order chi connectivity index (χ0) is 14.1. The van der Waals surface area contributed by atoms with E-state index >= 15 is 0 Å². The summed E-state index contributed by atoms with van der Waals surface area (Å²) in [5.74, 6) is -0.497. The Morgan fingerprint density at radius 1 is 1.35 bits per heavy atom. The Kier molecular flexibility index (Phi) is 3.53. The van der Waals surface area contributed by atoms with Gasteiger partial charge in [0.25, 0.3) is 5.56 Å². The molecular weight excluding hydrogens is 257 g/mol. The minimum atomic E-state index is -0.497. The number of aromatic nitrogens is 2. The van der Waals surface area contributed by atoms with E-state index in [-0.39, 0.29) is 17.0 Å². The van der Waals surface area contributed by atoms with Gasteiger partial charge in [0.15, 0.2) is 0 Å². The maximum absolute atomic E-state index is 13.8. The largest absolute Gasteiger partial charge is 0.299 e. The zero-order valence-electron chi connectivity index (χ0n) is 11.6. The second-order valence-electron chi connectivity index (χ2n) is 5.43. The number of likely N-dealkylation sites (tertiary alicyclic amines) is 1. The van der Waals surface area contributed by atoms with Gasteiger partial charge in [-0.1, -0.05) is 6.07 Å². The molecule has 5 heteroatoms. The van der Waals surface area contributed by atoms with E-state index in [1.54, 1.807) is 12.1 Å². The molecule has 0 amide bonds. The molecule has 0 radical (unpaired) electrons. The lowest BCUT2D eigenvalue weighted by molar-refractivity contribution is 0.234. The Balaban J connectivity index is 1.94. The summed E-state index contributed by atoms with van der Waals surface area (Å²) >= 11 is 0. The Bertz CT molecular complexity index is 676. The first-order chi connectivity index (χ1) is 9.66. The third-order valence-corrected chi connectivity index (χ3v) is 4.03. The lowest BCUT2D eigenvalue weighted by Gasteiger charge is -2.24. The van der Waals surface area contributed by atoms with Crippen molar-refractivity contribution in [3.05, 3.63) is 40.7 Å². The molecule has 3 rings (SSSR count). The molecule has 0 unspecified atom stereocenters. The van der Waals surface area contributed by atoms with E-state index in [4.69, 9.17) is 0 Å². The van der Waals surface area contributed by atoms with Crippen LogP contribution in [0.5, 0.6) is 0 Å². The lowest BCUT2D eigenvalue weighted by Crippen LogP contribution is -2.36. The van der Waals surface area contributed by atoms with Crippen LogP contribution in [0, 0.1) is 5.82 Å². The number of halogens is 1. The molecule has 4 nitrogen and oxygen atoms in total. The normalized spacial score (nSPS) is 17.7. The summed E-state index contributed by atoms with van der Waals surface area (Å²) < 4.78 is 15.3. The predicted molar refractivity (Wildman–Crippen MR) is 76.2 cm³/mol. The highest BCUT2D eigenvalue weighted by Gasteiger charge is 2.19. The number of hydrogen-bond donors (Lipinski definition) is 0. The highest BCUT2D eigenvalue weighted by atomic mass is 19.1. The van der Waals surface area contributed by atoms with E-state index in [0.29, 0.717) is 12.1 Å². The van der Waals surface area contributed by atoms with Gasteiger partial charge in [-0.2, -0.15) is 0 Å². The molecule has 106 valence electrons. The summed E-state index contributed by atoms with van der Waals surface area (Å²) in [5.41, 5.74) is 0.124. The first-order valence-electron chi connectivity index (χ1n) is 7.04. The van der Waals surface area contributed by atoms with E-state index in [1.165, 1.54) is 29.8 Å². The third kappa shape index (κ3) is 2.33. The van der Waals surface area contributed by atoms with Crippen molar-refractivity contribution in [1.29, 1.82) is 0 Å². The Morgan fingerprint density at radius 2 is 2.10 bits per heavy atom. The smallest absolute Gasteiger partial charge is 0.264 e. The zero-order valence-corrected chi connectivity index (χ0v) is 11.6. The second-order valence-corrected chi connectivity index (χ2v) is 5.43.